The molecule has 3 nitrogen and oxygen atoms in total. The highest BCUT2D eigenvalue weighted by Gasteiger charge is 2.09. The fourth-order valence-corrected chi connectivity index (χ4v) is 1.75. The van der Waals surface area contributed by atoms with Crippen molar-refractivity contribution >= 4 is 11.6 Å². The van der Waals surface area contributed by atoms with Crippen molar-refractivity contribution in [3.8, 4) is 11.4 Å². The van der Waals surface area contributed by atoms with Crippen molar-refractivity contribution in [2.24, 2.45) is 0 Å². The van der Waals surface area contributed by atoms with Gasteiger partial charge in [0.1, 0.15) is 0 Å². The number of hydrogen-bond acceptors (Lipinski definition) is 3. The smallest absolute Gasteiger partial charge is 0.159 e. The van der Waals surface area contributed by atoms with E-state index in [1.807, 2.05) is 19.1 Å². The summed E-state index contributed by atoms with van der Waals surface area (Å²) in [4.78, 5) is 8.63. The van der Waals surface area contributed by atoms with Crippen LogP contribution in [0.4, 0.5) is 0 Å². The van der Waals surface area contributed by atoms with E-state index in [-0.39, 0.29) is 0 Å². The monoisotopic (exact) mass is 248 g/mol. The molecule has 0 aliphatic rings. The van der Waals surface area contributed by atoms with Crippen molar-refractivity contribution in [2.45, 2.75) is 20.0 Å². The van der Waals surface area contributed by atoms with Crippen molar-refractivity contribution in [3.05, 3.63) is 46.7 Å². The van der Waals surface area contributed by atoms with E-state index in [1.54, 1.807) is 25.3 Å². The van der Waals surface area contributed by atoms with Gasteiger partial charge in [-0.15, -0.1) is 0 Å². The van der Waals surface area contributed by atoms with Crippen molar-refractivity contribution in [3.63, 3.8) is 0 Å². The molecule has 1 atom stereocenters. The van der Waals surface area contributed by atoms with Crippen LogP contribution in [0.3, 0.4) is 0 Å². The van der Waals surface area contributed by atoms with E-state index in [9.17, 15) is 5.11 Å². The van der Waals surface area contributed by atoms with Crippen LogP contribution in [-0.4, -0.2) is 15.1 Å². The standard InChI is InChI=1S/C13H13ClN2O/c1-8-12(9(2)17)7-15-13(16-8)10-3-5-11(14)6-4-10/h3-7,9,17H,1-2H3/t9-/m1/s1. The molecule has 0 amide bonds. The lowest BCUT2D eigenvalue weighted by atomic mass is 10.1. The van der Waals surface area contributed by atoms with Gasteiger partial charge in [0, 0.05) is 28.0 Å². The number of halogens is 1. The van der Waals surface area contributed by atoms with Crippen molar-refractivity contribution < 1.29 is 5.11 Å². The third kappa shape index (κ3) is 2.62. The van der Waals surface area contributed by atoms with Crippen LogP contribution in [0, 0.1) is 6.92 Å². The van der Waals surface area contributed by atoms with Gasteiger partial charge in [-0.2, -0.15) is 0 Å². The second-order valence-corrected chi connectivity index (χ2v) is 4.35. The van der Waals surface area contributed by atoms with Gasteiger partial charge in [-0.25, -0.2) is 9.97 Å². The molecule has 0 aliphatic carbocycles. The first kappa shape index (κ1) is 12.0. The predicted octanol–water partition coefficient (Wildman–Crippen LogP) is 3.16. The second-order valence-electron chi connectivity index (χ2n) is 3.92. The zero-order chi connectivity index (χ0) is 12.4. The zero-order valence-electron chi connectivity index (χ0n) is 9.68. The lowest BCUT2D eigenvalue weighted by Gasteiger charge is -2.09. The highest BCUT2D eigenvalue weighted by atomic mass is 35.5. The van der Waals surface area contributed by atoms with E-state index in [2.05, 4.69) is 9.97 Å². The van der Waals surface area contributed by atoms with E-state index in [0.717, 1.165) is 16.8 Å². The minimum absolute atomic E-state index is 0.547. The van der Waals surface area contributed by atoms with Gasteiger partial charge < -0.3 is 5.11 Å². The van der Waals surface area contributed by atoms with Crippen LogP contribution in [0.25, 0.3) is 11.4 Å². The molecule has 88 valence electrons. The molecule has 17 heavy (non-hydrogen) atoms. The van der Waals surface area contributed by atoms with E-state index < -0.39 is 6.10 Å². The molecule has 0 saturated heterocycles. The Kier molecular flexibility index (Phi) is 3.41. The Bertz CT molecular complexity index is 523. The Labute approximate surface area is 105 Å². The molecule has 0 saturated carbocycles. The normalized spacial score (nSPS) is 12.5. The molecular formula is C13H13ClN2O. The minimum atomic E-state index is -0.547. The van der Waals surface area contributed by atoms with Gasteiger partial charge in [0.15, 0.2) is 5.82 Å². The topological polar surface area (TPSA) is 46.0 Å². The number of aliphatic hydroxyl groups excluding tert-OH is 1. The van der Waals surface area contributed by atoms with Gasteiger partial charge in [-0.3, -0.25) is 0 Å². The summed E-state index contributed by atoms with van der Waals surface area (Å²) in [6.45, 7) is 3.57. The maximum atomic E-state index is 9.50. The number of hydrogen-bond donors (Lipinski definition) is 1. The molecule has 0 fully saturated rings. The SMILES string of the molecule is Cc1nc(-c2ccc(Cl)cc2)ncc1[C@@H](C)O. The molecule has 1 N–H and O–H groups in total. The highest BCUT2D eigenvalue weighted by Crippen LogP contribution is 2.21. The van der Waals surface area contributed by atoms with Gasteiger partial charge in [0.05, 0.1) is 6.10 Å². The number of aliphatic hydroxyl groups is 1. The number of benzene rings is 1. The van der Waals surface area contributed by atoms with Crippen LogP contribution < -0.4 is 0 Å². The molecule has 0 aliphatic heterocycles. The van der Waals surface area contributed by atoms with Gasteiger partial charge in [-0.1, -0.05) is 11.6 Å². The van der Waals surface area contributed by atoms with Gasteiger partial charge in [0.25, 0.3) is 0 Å². The van der Waals surface area contributed by atoms with E-state index in [1.165, 1.54) is 0 Å². The molecule has 1 aromatic carbocycles. The Morgan fingerprint density at radius 3 is 2.41 bits per heavy atom. The number of rotatable bonds is 2. The quantitative estimate of drug-likeness (QED) is 0.888. The van der Waals surface area contributed by atoms with E-state index in [4.69, 9.17) is 11.6 Å². The van der Waals surface area contributed by atoms with E-state index >= 15 is 0 Å². The average Bonchev–Trinajstić information content (AvgIpc) is 2.29. The molecule has 2 rings (SSSR count). The van der Waals surface area contributed by atoms with Gasteiger partial charge in [0.2, 0.25) is 0 Å². The second kappa shape index (κ2) is 4.82. The fourth-order valence-electron chi connectivity index (χ4n) is 1.62. The highest BCUT2D eigenvalue weighted by molar-refractivity contribution is 6.30. The lowest BCUT2D eigenvalue weighted by molar-refractivity contribution is 0.197. The first-order chi connectivity index (χ1) is 8.08. The van der Waals surface area contributed by atoms with Crippen molar-refractivity contribution in [1.29, 1.82) is 0 Å². The summed E-state index contributed by atoms with van der Waals surface area (Å²) in [5.74, 6) is 0.642. The molecule has 0 radical (unpaired) electrons. The zero-order valence-corrected chi connectivity index (χ0v) is 10.4. The third-order valence-electron chi connectivity index (χ3n) is 2.57. The van der Waals surface area contributed by atoms with Crippen molar-refractivity contribution in [2.75, 3.05) is 0 Å². The summed E-state index contributed by atoms with van der Waals surface area (Å²) in [6.07, 6.45) is 1.12. The molecule has 0 bridgehead atoms. The number of aromatic nitrogens is 2. The van der Waals surface area contributed by atoms with Crippen LogP contribution in [0.1, 0.15) is 24.3 Å². The minimum Gasteiger partial charge on any atom is -0.389 e. The number of aryl methyl sites for hydroxylation is 1. The lowest BCUT2D eigenvalue weighted by Crippen LogP contribution is -2.01. The van der Waals surface area contributed by atoms with Gasteiger partial charge >= 0.3 is 0 Å². The summed E-state index contributed by atoms with van der Waals surface area (Å²) < 4.78 is 0. The summed E-state index contributed by atoms with van der Waals surface area (Å²) in [5, 5.41) is 10.2. The molecule has 2 aromatic rings. The van der Waals surface area contributed by atoms with Crippen LogP contribution in [-0.2, 0) is 0 Å². The Morgan fingerprint density at radius 1 is 1.24 bits per heavy atom. The fraction of sp³-hybridized carbons (Fsp3) is 0.231. The first-order valence-electron chi connectivity index (χ1n) is 5.35. The predicted molar refractivity (Wildman–Crippen MR) is 67.8 cm³/mol. The maximum absolute atomic E-state index is 9.50. The molecular weight excluding hydrogens is 236 g/mol. The van der Waals surface area contributed by atoms with Crippen LogP contribution in [0.5, 0.6) is 0 Å². The van der Waals surface area contributed by atoms with Crippen LogP contribution in [0.2, 0.25) is 5.02 Å². The Morgan fingerprint density at radius 2 is 1.88 bits per heavy atom. The molecule has 0 spiro atoms. The molecule has 1 aromatic heterocycles. The molecule has 0 unspecified atom stereocenters. The Balaban J connectivity index is 2.41. The maximum Gasteiger partial charge on any atom is 0.159 e. The molecule has 4 heteroatoms. The Hall–Kier alpha value is -1.45. The summed E-state index contributed by atoms with van der Waals surface area (Å²) >= 11 is 5.82. The largest absolute Gasteiger partial charge is 0.389 e. The summed E-state index contributed by atoms with van der Waals surface area (Å²) in [5.41, 5.74) is 2.46. The van der Waals surface area contributed by atoms with E-state index in [0.29, 0.717) is 10.8 Å². The number of nitrogens with zero attached hydrogens (tertiary/aromatic N) is 2. The summed E-state index contributed by atoms with van der Waals surface area (Å²) in [6, 6.07) is 7.36. The molecule has 1 heterocycles. The summed E-state index contributed by atoms with van der Waals surface area (Å²) in [7, 11) is 0. The average molecular weight is 249 g/mol. The first-order valence-corrected chi connectivity index (χ1v) is 5.73. The van der Waals surface area contributed by atoms with Gasteiger partial charge in [-0.05, 0) is 38.1 Å². The van der Waals surface area contributed by atoms with Crippen LogP contribution in [0.15, 0.2) is 30.5 Å². The van der Waals surface area contributed by atoms with Crippen LogP contribution >= 0.6 is 11.6 Å². The third-order valence-corrected chi connectivity index (χ3v) is 2.82. The van der Waals surface area contributed by atoms with Crippen molar-refractivity contribution in [1.82, 2.24) is 9.97 Å².